The molecule has 0 saturated heterocycles. The van der Waals surface area contributed by atoms with Crippen molar-refractivity contribution in [3.8, 4) is 0 Å². The van der Waals surface area contributed by atoms with Gasteiger partial charge in [0.2, 0.25) is 9.84 Å². The average molecular weight is 639 g/mol. The third kappa shape index (κ3) is 6.84. The Morgan fingerprint density at radius 2 is 1.04 bits per heavy atom. The first kappa shape index (κ1) is 34.0. The summed E-state index contributed by atoms with van der Waals surface area (Å²) < 4.78 is 27.2. The van der Waals surface area contributed by atoms with Crippen molar-refractivity contribution in [3.63, 3.8) is 0 Å². The molecule has 4 aromatic rings. The van der Waals surface area contributed by atoms with Crippen LogP contribution in [0.2, 0.25) is 0 Å². The minimum atomic E-state index is -4.23. The second-order valence-corrected chi connectivity index (χ2v) is 13.6. The van der Waals surface area contributed by atoms with Gasteiger partial charge < -0.3 is 10.6 Å². The molecule has 0 aliphatic rings. The number of carbonyl (C=O) groups excluding carboxylic acids is 4. The number of benzene rings is 4. The van der Waals surface area contributed by atoms with Gasteiger partial charge in [-0.3, -0.25) is 19.2 Å². The van der Waals surface area contributed by atoms with E-state index >= 15 is 0 Å². The summed E-state index contributed by atoms with van der Waals surface area (Å²) in [6.07, 6.45) is 0.740. The van der Waals surface area contributed by atoms with Gasteiger partial charge in [-0.25, -0.2) is 8.42 Å². The lowest BCUT2D eigenvalue weighted by Crippen LogP contribution is -2.21. The SMILES string of the molecule is CNC(=O)c1cc(S(=O)(=O)c2ccc(C(=O)Nc3c(C)cc(Cc4cc(C)c(C)c(C)c4)cc3C)c(C(C)=O)c2)ccc1C(C)=O. The summed E-state index contributed by atoms with van der Waals surface area (Å²) in [4.78, 5) is 50.2. The standard InChI is InChI=1S/C37H38N2O6S/c1-20-13-27(14-21(2)24(20)5)17-28-15-22(3)35(23(4)16-28)39-37(43)32-12-10-29(18-33(32)26(7)41)46(44,45)30-9-11-31(25(6)40)34(19-30)36(42)38-8/h9-16,18-19H,17H2,1-8H3,(H,38,42)(H,39,43). The maximum atomic E-state index is 13.6. The first-order chi connectivity index (χ1) is 21.5. The number of nitrogens with one attached hydrogen (secondary N) is 2. The summed E-state index contributed by atoms with van der Waals surface area (Å²) in [5.74, 6) is -2.05. The minimum absolute atomic E-state index is 0.0258. The molecule has 0 spiro atoms. The van der Waals surface area contributed by atoms with Crippen LogP contribution in [0.15, 0.2) is 70.5 Å². The van der Waals surface area contributed by atoms with Crippen LogP contribution in [0, 0.1) is 34.6 Å². The Kier molecular flexibility index (Phi) is 9.77. The largest absolute Gasteiger partial charge is 0.355 e. The molecule has 0 heterocycles. The van der Waals surface area contributed by atoms with Crippen LogP contribution in [0.5, 0.6) is 0 Å². The molecule has 46 heavy (non-hydrogen) atoms. The van der Waals surface area contributed by atoms with Gasteiger partial charge >= 0.3 is 0 Å². The van der Waals surface area contributed by atoms with E-state index in [1.807, 2.05) is 26.0 Å². The van der Waals surface area contributed by atoms with Crippen molar-refractivity contribution >= 4 is 38.9 Å². The van der Waals surface area contributed by atoms with Gasteiger partial charge in [-0.1, -0.05) is 24.3 Å². The van der Waals surface area contributed by atoms with Gasteiger partial charge in [-0.2, -0.15) is 0 Å². The molecular weight excluding hydrogens is 600 g/mol. The van der Waals surface area contributed by atoms with Gasteiger partial charge in [0.25, 0.3) is 11.8 Å². The molecule has 8 nitrogen and oxygen atoms in total. The van der Waals surface area contributed by atoms with Gasteiger partial charge in [0.1, 0.15) is 0 Å². The van der Waals surface area contributed by atoms with Crippen molar-refractivity contribution < 1.29 is 27.6 Å². The van der Waals surface area contributed by atoms with Crippen molar-refractivity contribution in [2.45, 2.75) is 64.7 Å². The molecule has 0 aliphatic heterocycles. The van der Waals surface area contributed by atoms with Gasteiger partial charge in [-0.05, 0) is 130 Å². The van der Waals surface area contributed by atoms with Gasteiger partial charge in [0, 0.05) is 23.9 Å². The van der Waals surface area contributed by atoms with E-state index < -0.39 is 33.2 Å². The number of carbonyl (C=O) groups is 4. The lowest BCUT2D eigenvalue weighted by molar-refractivity contribution is 0.0946. The van der Waals surface area contributed by atoms with Gasteiger partial charge in [0.15, 0.2) is 11.6 Å². The number of sulfone groups is 1. The summed E-state index contributed by atoms with van der Waals surface area (Å²) >= 11 is 0. The van der Waals surface area contributed by atoms with Crippen LogP contribution in [0.1, 0.15) is 94.2 Å². The Morgan fingerprint density at radius 3 is 1.52 bits per heavy atom. The summed E-state index contributed by atoms with van der Waals surface area (Å²) in [6.45, 7) is 12.7. The van der Waals surface area contributed by atoms with E-state index in [0.29, 0.717) is 5.69 Å². The first-order valence-electron chi connectivity index (χ1n) is 14.8. The molecule has 9 heteroatoms. The Labute approximate surface area is 270 Å². The number of anilines is 1. The summed E-state index contributed by atoms with van der Waals surface area (Å²) in [6, 6.07) is 15.8. The summed E-state index contributed by atoms with van der Waals surface area (Å²) in [5.41, 5.74) is 8.35. The van der Waals surface area contributed by atoms with E-state index in [1.54, 1.807) is 0 Å². The predicted octanol–water partition coefficient (Wildman–Crippen LogP) is 6.67. The number of rotatable bonds is 9. The second kappa shape index (κ2) is 13.2. The molecule has 0 atom stereocenters. The first-order valence-corrected chi connectivity index (χ1v) is 16.3. The summed E-state index contributed by atoms with van der Waals surface area (Å²) in [7, 11) is -2.85. The maximum absolute atomic E-state index is 13.6. The van der Waals surface area contributed by atoms with Crippen LogP contribution in [-0.2, 0) is 16.3 Å². The van der Waals surface area contributed by atoms with Crippen molar-refractivity contribution in [3.05, 3.63) is 122 Å². The third-order valence-electron chi connectivity index (χ3n) is 8.30. The van der Waals surface area contributed by atoms with E-state index in [1.165, 1.54) is 73.5 Å². The minimum Gasteiger partial charge on any atom is -0.355 e. The monoisotopic (exact) mass is 638 g/mol. The Balaban J connectivity index is 1.66. The van der Waals surface area contributed by atoms with Gasteiger partial charge in [-0.15, -0.1) is 0 Å². The highest BCUT2D eigenvalue weighted by Crippen LogP contribution is 2.29. The quantitative estimate of drug-likeness (QED) is 0.197. The zero-order valence-electron chi connectivity index (χ0n) is 27.3. The molecule has 238 valence electrons. The highest BCUT2D eigenvalue weighted by Gasteiger charge is 2.25. The normalized spacial score (nSPS) is 11.2. The number of amides is 2. The van der Waals surface area contributed by atoms with Crippen molar-refractivity contribution in [1.29, 1.82) is 0 Å². The van der Waals surface area contributed by atoms with E-state index in [9.17, 15) is 27.6 Å². The zero-order chi connectivity index (χ0) is 34.1. The van der Waals surface area contributed by atoms with E-state index in [-0.39, 0.29) is 32.0 Å². The molecule has 0 aliphatic carbocycles. The summed E-state index contributed by atoms with van der Waals surface area (Å²) in [5, 5.41) is 5.33. The fourth-order valence-corrected chi connectivity index (χ4v) is 6.94. The Bertz CT molecular complexity index is 2000. The Morgan fingerprint density at radius 1 is 0.587 bits per heavy atom. The van der Waals surface area contributed by atoms with Crippen LogP contribution < -0.4 is 10.6 Å². The topological polar surface area (TPSA) is 126 Å². The second-order valence-electron chi connectivity index (χ2n) is 11.7. The molecule has 0 unspecified atom stereocenters. The lowest BCUT2D eigenvalue weighted by atomic mass is 9.94. The van der Waals surface area contributed by atoms with Crippen molar-refractivity contribution in [1.82, 2.24) is 5.32 Å². The van der Waals surface area contributed by atoms with E-state index in [2.05, 4.69) is 43.5 Å². The van der Waals surface area contributed by atoms with E-state index in [4.69, 9.17) is 0 Å². The van der Waals surface area contributed by atoms with Crippen LogP contribution in [0.3, 0.4) is 0 Å². The lowest BCUT2D eigenvalue weighted by Gasteiger charge is -2.16. The molecule has 4 aromatic carbocycles. The molecule has 0 fully saturated rings. The van der Waals surface area contributed by atoms with Gasteiger partial charge in [0.05, 0.1) is 20.9 Å². The van der Waals surface area contributed by atoms with Crippen molar-refractivity contribution in [2.75, 3.05) is 12.4 Å². The van der Waals surface area contributed by atoms with Crippen LogP contribution in [0.25, 0.3) is 0 Å². The maximum Gasteiger partial charge on any atom is 0.256 e. The molecule has 0 saturated carbocycles. The fourth-order valence-electron chi connectivity index (χ4n) is 5.63. The van der Waals surface area contributed by atoms with Crippen molar-refractivity contribution in [2.24, 2.45) is 0 Å². The van der Waals surface area contributed by atoms with Crippen LogP contribution in [0.4, 0.5) is 5.69 Å². The predicted molar refractivity (Wildman–Crippen MR) is 179 cm³/mol. The van der Waals surface area contributed by atoms with Crippen LogP contribution in [-0.4, -0.2) is 38.8 Å². The van der Waals surface area contributed by atoms with E-state index in [0.717, 1.165) is 29.2 Å². The molecule has 0 aromatic heterocycles. The zero-order valence-corrected chi connectivity index (χ0v) is 28.2. The number of aryl methyl sites for hydroxylation is 4. The fraction of sp³-hybridized carbons (Fsp3) is 0.243. The smallest absolute Gasteiger partial charge is 0.256 e. The molecule has 0 radical (unpaired) electrons. The third-order valence-corrected chi connectivity index (χ3v) is 10.1. The average Bonchev–Trinajstić information content (AvgIpc) is 3.00. The molecule has 2 N–H and O–H groups in total. The highest BCUT2D eigenvalue weighted by molar-refractivity contribution is 7.91. The molecular formula is C37H38N2O6S. The number of hydrogen-bond acceptors (Lipinski definition) is 6. The number of hydrogen-bond donors (Lipinski definition) is 2. The highest BCUT2D eigenvalue weighted by atomic mass is 32.2. The number of Topliss-reactive ketones (excluding diaryl/α,β-unsaturated/α-hetero) is 2. The Hall–Kier alpha value is -4.89. The molecule has 4 rings (SSSR count). The molecule has 2 amide bonds. The van der Waals surface area contributed by atoms with Crippen LogP contribution >= 0.6 is 0 Å². The number of ketones is 2. The molecule has 0 bridgehead atoms.